The fourth-order valence-corrected chi connectivity index (χ4v) is 8.61. The van der Waals surface area contributed by atoms with Crippen LogP contribution in [0.5, 0.6) is 0 Å². The Kier molecular flexibility index (Phi) is 9.84. The lowest BCUT2D eigenvalue weighted by Crippen LogP contribution is -2.54. The Bertz CT molecular complexity index is 1270. The highest BCUT2D eigenvalue weighted by atomic mass is 16.6. The van der Waals surface area contributed by atoms with E-state index < -0.39 is 54.5 Å². The lowest BCUT2D eigenvalue weighted by Gasteiger charge is -2.58. The van der Waals surface area contributed by atoms with Crippen molar-refractivity contribution >= 4 is 29.5 Å². The summed E-state index contributed by atoms with van der Waals surface area (Å²) >= 11 is 0. The summed E-state index contributed by atoms with van der Waals surface area (Å²) in [5, 5.41) is 38.6. The highest BCUT2D eigenvalue weighted by molar-refractivity contribution is 5.96. The van der Waals surface area contributed by atoms with E-state index in [1.165, 1.54) is 5.57 Å². The number of oxime groups is 1. The van der Waals surface area contributed by atoms with E-state index in [2.05, 4.69) is 41.6 Å². The van der Waals surface area contributed by atoms with E-state index in [1.807, 2.05) is 0 Å². The van der Waals surface area contributed by atoms with Crippen molar-refractivity contribution in [3.8, 4) is 12.3 Å². The maximum absolute atomic E-state index is 12.8. The van der Waals surface area contributed by atoms with Crippen LogP contribution < -0.4 is 10.6 Å². The quantitative estimate of drug-likeness (QED) is 0.174. The summed E-state index contributed by atoms with van der Waals surface area (Å²) in [6, 6.07) is -2.42. The zero-order chi connectivity index (χ0) is 32.4. The monoisotopic (exact) mass is 613 g/mol. The largest absolute Gasteiger partial charge is 0.481 e. The standard InChI is InChI=1S/C33H47N3O8/c1-6-33(43)16-13-24-22-8-7-20-17-21(11-14-31(20,4)23(22)12-15-32(24,33)5)36-44-18-26(37)35-28(19(2)3)29(40)34-25(30(41)42)9-10-27(38)39/h1,17,19,22-25,28,43H,7-16,18H2,2-5H3,(H,34,40)(H,35,37)(H,38,39)(H,41,42)/t22-,23+,24-,25+,28+,31+,32+,33-/m1/s1. The van der Waals surface area contributed by atoms with Crippen LogP contribution in [0.1, 0.15) is 91.9 Å². The van der Waals surface area contributed by atoms with Gasteiger partial charge in [-0.15, -0.1) is 6.42 Å². The Morgan fingerprint density at radius 1 is 1.07 bits per heavy atom. The van der Waals surface area contributed by atoms with Gasteiger partial charge in [-0.2, -0.15) is 0 Å². The van der Waals surface area contributed by atoms with Crippen molar-refractivity contribution in [2.45, 2.75) is 110 Å². The minimum Gasteiger partial charge on any atom is -0.481 e. The molecule has 0 aliphatic heterocycles. The number of carboxylic acid groups (broad SMARTS) is 2. The molecule has 0 aromatic rings. The molecule has 0 spiro atoms. The molecule has 0 aromatic heterocycles. The first-order chi connectivity index (χ1) is 20.6. The summed E-state index contributed by atoms with van der Waals surface area (Å²) in [6.07, 6.45) is 14.5. The zero-order valence-electron chi connectivity index (χ0n) is 26.2. The molecular formula is C33H47N3O8. The number of amides is 2. The molecule has 3 saturated carbocycles. The molecule has 0 heterocycles. The van der Waals surface area contributed by atoms with Crippen molar-refractivity contribution in [2.75, 3.05) is 6.61 Å². The van der Waals surface area contributed by atoms with Gasteiger partial charge in [-0.25, -0.2) is 4.79 Å². The Labute approximate surface area is 259 Å². The number of fused-ring (bicyclic) bond motifs is 5. The lowest BCUT2D eigenvalue weighted by molar-refractivity contribution is -0.143. The molecule has 8 atom stereocenters. The fourth-order valence-electron chi connectivity index (χ4n) is 8.61. The fraction of sp³-hybridized carbons (Fsp3) is 0.727. The van der Waals surface area contributed by atoms with Crippen molar-refractivity contribution < 1.29 is 39.3 Å². The molecule has 4 rings (SSSR count). The summed E-state index contributed by atoms with van der Waals surface area (Å²) in [7, 11) is 0. The number of aliphatic hydroxyl groups is 1. The van der Waals surface area contributed by atoms with Crippen LogP contribution in [0.2, 0.25) is 0 Å². The van der Waals surface area contributed by atoms with Gasteiger partial charge in [0, 0.05) is 11.8 Å². The molecule has 11 heteroatoms. The van der Waals surface area contributed by atoms with Gasteiger partial charge in [-0.3, -0.25) is 14.4 Å². The molecule has 0 radical (unpaired) electrons. The molecule has 11 nitrogen and oxygen atoms in total. The molecular weight excluding hydrogens is 566 g/mol. The first-order valence-electron chi connectivity index (χ1n) is 15.8. The SMILES string of the molecule is C#C[C@@]1(O)CC[C@@H]2[C@@H]3CCC4=CC(=NOCC(=O)N[C@H](C(=O)N[C@@H](CCC(=O)O)C(=O)O)C(C)C)CC[C@]4(C)[C@H]3CC[C@@]21C. The topological polar surface area (TPSA) is 175 Å². The van der Waals surface area contributed by atoms with E-state index in [-0.39, 0.29) is 23.2 Å². The summed E-state index contributed by atoms with van der Waals surface area (Å²) in [5.41, 5.74) is 0.931. The molecule has 0 aromatic carbocycles. The number of nitrogens with one attached hydrogen (secondary N) is 2. The van der Waals surface area contributed by atoms with Gasteiger partial charge < -0.3 is 30.8 Å². The lowest BCUT2D eigenvalue weighted by atomic mass is 9.46. The van der Waals surface area contributed by atoms with E-state index in [1.54, 1.807) is 13.8 Å². The zero-order valence-corrected chi connectivity index (χ0v) is 26.2. The van der Waals surface area contributed by atoms with Crippen molar-refractivity contribution in [3.05, 3.63) is 11.6 Å². The number of nitrogens with zero attached hydrogens (tertiary/aromatic N) is 1. The number of terminal acetylenes is 1. The van der Waals surface area contributed by atoms with Crippen LogP contribution in [-0.2, 0) is 24.0 Å². The smallest absolute Gasteiger partial charge is 0.326 e. The Morgan fingerprint density at radius 2 is 1.77 bits per heavy atom. The predicted molar refractivity (Wildman–Crippen MR) is 162 cm³/mol. The molecule has 242 valence electrons. The third-order valence-corrected chi connectivity index (χ3v) is 11.3. The molecule has 3 fully saturated rings. The van der Waals surface area contributed by atoms with Crippen LogP contribution in [0, 0.1) is 46.8 Å². The Morgan fingerprint density at radius 3 is 2.41 bits per heavy atom. The van der Waals surface area contributed by atoms with E-state index in [9.17, 15) is 29.4 Å². The van der Waals surface area contributed by atoms with Gasteiger partial charge in [0.05, 0.1) is 5.71 Å². The van der Waals surface area contributed by atoms with Gasteiger partial charge in [0.15, 0.2) is 6.61 Å². The Balaban J connectivity index is 1.34. The molecule has 4 aliphatic carbocycles. The second kappa shape index (κ2) is 12.9. The molecule has 2 amide bonds. The molecule has 5 N–H and O–H groups in total. The van der Waals surface area contributed by atoms with Gasteiger partial charge in [-0.05, 0) is 93.0 Å². The average Bonchev–Trinajstić information content (AvgIpc) is 3.24. The first kappa shape index (κ1) is 33.5. The number of rotatable bonds is 11. The molecule has 4 aliphatic rings. The second-order valence-corrected chi connectivity index (χ2v) is 14.0. The minimum absolute atomic E-state index is 0.0492. The van der Waals surface area contributed by atoms with Crippen LogP contribution in [0.3, 0.4) is 0 Å². The maximum atomic E-state index is 12.8. The van der Waals surface area contributed by atoms with E-state index in [4.69, 9.17) is 16.4 Å². The highest BCUT2D eigenvalue weighted by Crippen LogP contribution is 2.67. The summed E-state index contributed by atoms with van der Waals surface area (Å²) in [5.74, 6) is 0.0444. The van der Waals surface area contributed by atoms with Crippen molar-refractivity contribution in [1.29, 1.82) is 0 Å². The number of allylic oxidation sites excluding steroid dienone is 2. The number of carbonyl (C=O) groups is 4. The summed E-state index contributed by atoms with van der Waals surface area (Å²) in [6.45, 7) is 7.55. The Hall–Kier alpha value is -3.39. The van der Waals surface area contributed by atoms with Crippen LogP contribution >= 0.6 is 0 Å². The van der Waals surface area contributed by atoms with E-state index >= 15 is 0 Å². The molecule has 0 unspecified atom stereocenters. The summed E-state index contributed by atoms with van der Waals surface area (Å²) < 4.78 is 0. The normalized spacial score (nSPS) is 34.8. The van der Waals surface area contributed by atoms with Gasteiger partial charge in [-0.1, -0.05) is 44.3 Å². The average molecular weight is 614 g/mol. The molecule has 0 bridgehead atoms. The van der Waals surface area contributed by atoms with E-state index in [0.717, 1.165) is 44.2 Å². The molecule has 0 saturated heterocycles. The summed E-state index contributed by atoms with van der Waals surface area (Å²) in [4.78, 5) is 53.1. The van der Waals surface area contributed by atoms with E-state index in [0.29, 0.717) is 30.6 Å². The van der Waals surface area contributed by atoms with Gasteiger partial charge in [0.2, 0.25) is 5.91 Å². The highest BCUT2D eigenvalue weighted by Gasteiger charge is 2.63. The third-order valence-electron chi connectivity index (χ3n) is 11.3. The van der Waals surface area contributed by atoms with Crippen molar-refractivity contribution in [3.63, 3.8) is 0 Å². The number of aliphatic carboxylic acids is 2. The number of carbonyl (C=O) groups excluding carboxylic acids is 2. The van der Waals surface area contributed by atoms with Crippen molar-refractivity contribution in [2.24, 2.45) is 39.7 Å². The maximum Gasteiger partial charge on any atom is 0.326 e. The van der Waals surface area contributed by atoms with Gasteiger partial charge in [0.25, 0.3) is 5.91 Å². The van der Waals surface area contributed by atoms with Gasteiger partial charge in [0.1, 0.15) is 17.7 Å². The van der Waals surface area contributed by atoms with Crippen LogP contribution in [0.4, 0.5) is 0 Å². The van der Waals surface area contributed by atoms with Crippen LogP contribution in [0.15, 0.2) is 16.8 Å². The second-order valence-electron chi connectivity index (χ2n) is 14.0. The van der Waals surface area contributed by atoms with Crippen molar-refractivity contribution in [1.82, 2.24) is 10.6 Å². The van der Waals surface area contributed by atoms with Gasteiger partial charge >= 0.3 is 11.9 Å². The first-order valence-corrected chi connectivity index (χ1v) is 15.8. The third kappa shape index (κ3) is 6.37. The van der Waals surface area contributed by atoms with Crippen LogP contribution in [-0.4, -0.2) is 69.1 Å². The number of carboxylic acids is 2. The minimum atomic E-state index is -1.39. The molecule has 44 heavy (non-hydrogen) atoms. The van der Waals surface area contributed by atoms with Crippen LogP contribution in [0.25, 0.3) is 0 Å². The number of hydrogen-bond donors (Lipinski definition) is 5. The number of hydrogen-bond acceptors (Lipinski definition) is 7. The predicted octanol–water partition coefficient (Wildman–Crippen LogP) is 3.26.